The molecule has 3 rings (SSSR count). The van der Waals surface area contributed by atoms with Crippen LogP contribution in [0.5, 0.6) is 0 Å². The molecule has 0 radical (unpaired) electrons. The predicted octanol–water partition coefficient (Wildman–Crippen LogP) is 0.432. The fraction of sp³-hybridized carbons (Fsp3) is 0.250. The van der Waals surface area contributed by atoms with E-state index in [2.05, 4.69) is 5.10 Å². The first-order chi connectivity index (χ1) is 11.0. The van der Waals surface area contributed by atoms with Gasteiger partial charge < -0.3 is 10.0 Å². The molecule has 7 nitrogen and oxygen atoms in total. The zero-order valence-corrected chi connectivity index (χ0v) is 12.5. The van der Waals surface area contributed by atoms with Crippen molar-refractivity contribution in [1.29, 1.82) is 0 Å². The Bertz CT molecular complexity index is 843. The summed E-state index contributed by atoms with van der Waals surface area (Å²) in [5, 5.41) is 13.4. The van der Waals surface area contributed by atoms with E-state index in [1.54, 1.807) is 0 Å². The van der Waals surface area contributed by atoms with E-state index >= 15 is 0 Å². The third-order valence-corrected chi connectivity index (χ3v) is 3.97. The summed E-state index contributed by atoms with van der Waals surface area (Å²) in [7, 11) is 1.44. The zero-order chi connectivity index (χ0) is 16.6. The lowest BCUT2D eigenvalue weighted by Gasteiger charge is -2.34. The van der Waals surface area contributed by atoms with E-state index in [1.165, 1.54) is 24.1 Å². The summed E-state index contributed by atoms with van der Waals surface area (Å²) < 4.78 is 1.06. The quantitative estimate of drug-likeness (QED) is 0.868. The van der Waals surface area contributed by atoms with Gasteiger partial charge in [-0.05, 0) is 17.2 Å². The minimum absolute atomic E-state index is 0.0535. The lowest BCUT2D eigenvalue weighted by molar-refractivity contribution is -0.142. The van der Waals surface area contributed by atoms with Crippen LogP contribution in [0.3, 0.4) is 0 Å². The van der Waals surface area contributed by atoms with Gasteiger partial charge in [-0.1, -0.05) is 24.3 Å². The van der Waals surface area contributed by atoms with Crippen molar-refractivity contribution in [2.45, 2.75) is 19.0 Å². The van der Waals surface area contributed by atoms with Crippen LogP contribution in [0.15, 0.2) is 41.2 Å². The van der Waals surface area contributed by atoms with Crippen molar-refractivity contribution in [3.05, 3.63) is 63.6 Å². The Kier molecular flexibility index (Phi) is 3.69. The molecular weight excluding hydrogens is 298 g/mol. The van der Waals surface area contributed by atoms with Gasteiger partial charge >= 0.3 is 5.97 Å². The fourth-order valence-electron chi connectivity index (χ4n) is 2.72. The average molecular weight is 313 g/mol. The number of nitrogens with zero attached hydrogens (tertiary/aromatic N) is 3. The van der Waals surface area contributed by atoms with Gasteiger partial charge in [0, 0.05) is 26.1 Å². The van der Waals surface area contributed by atoms with Crippen LogP contribution >= 0.6 is 0 Å². The number of benzene rings is 1. The highest BCUT2D eigenvalue weighted by Crippen LogP contribution is 2.24. The molecule has 0 saturated heterocycles. The van der Waals surface area contributed by atoms with Crippen LogP contribution in [0, 0.1) is 0 Å². The van der Waals surface area contributed by atoms with E-state index in [4.69, 9.17) is 0 Å². The predicted molar refractivity (Wildman–Crippen MR) is 80.9 cm³/mol. The van der Waals surface area contributed by atoms with Gasteiger partial charge in [-0.15, -0.1) is 0 Å². The molecule has 2 aromatic rings. The summed E-state index contributed by atoms with van der Waals surface area (Å²) in [4.78, 5) is 36.9. The molecule has 0 aliphatic carbocycles. The second-order valence-electron chi connectivity index (χ2n) is 5.44. The van der Waals surface area contributed by atoms with E-state index in [-0.39, 0.29) is 24.2 Å². The average Bonchev–Trinajstić information content (AvgIpc) is 2.55. The summed E-state index contributed by atoms with van der Waals surface area (Å²) in [6.07, 6.45) is 0.253. The van der Waals surface area contributed by atoms with Crippen molar-refractivity contribution in [3.8, 4) is 0 Å². The number of fused-ring (bicyclic) bond motifs is 1. The molecule has 23 heavy (non-hydrogen) atoms. The number of carboxylic acids is 1. The second-order valence-corrected chi connectivity index (χ2v) is 5.44. The van der Waals surface area contributed by atoms with Gasteiger partial charge in [-0.3, -0.25) is 9.59 Å². The molecule has 1 amide bonds. The van der Waals surface area contributed by atoms with Crippen LogP contribution in [0.2, 0.25) is 0 Å². The van der Waals surface area contributed by atoms with E-state index in [1.807, 2.05) is 24.3 Å². The van der Waals surface area contributed by atoms with Gasteiger partial charge in [0.1, 0.15) is 11.7 Å². The lowest BCUT2D eigenvalue weighted by atomic mass is 9.93. The Morgan fingerprint density at radius 1 is 1.17 bits per heavy atom. The number of carboxylic acid groups (broad SMARTS) is 1. The largest absolute Gasteiger partial charge is 0.480 e. The minimum atomic E-state index is -1.06. The maximum absolute atomic E-state index is 12.7. The molecule has 1 N–H and O–H groups in total. The van der Waals surface area contributed by atoms with Crippen LogP contribution in [-0.2, 0) is 24.8 Å². The molecule has 118 valence electrons. The highest BCUT2D eigenvalue weighted by atomic mass is 16.4. The standard InChI is InChI=1S/C16H15N3O4/c1-18-14(20)7-6-12(17-18)15(21)19-9-11-5-3-2-4-10(11)8-13(19)16(22)23/h2-7,13H,8-9H2,1H3,(H,22,23). The highest BCUT2D eigenvalue weighted by molar-refractivity contribution is 5.95. The van der Waals surface area contributed by atoms with E-state index in [0.29, 0.717) is 0 Å². The Labute approximate surface area is 131 Å². The second kappa shape index (κ2) is 5.68. The monoisotopic (exact) mass is 313 g/mol. The van der Waals surface area contributed by atoms with E-state index in [9.17, 15) is 19.5 Å². The van der Waals surface area contributed by atoms with Crippen molar-refractivity contribution in [1.82, 2.24) is 14.7 Å². The zero-order valence-electron chi connectivity index (χ0n) is 12.5. The van der Waals surface area contributed by atoms with Crippen LogP contribution in [-0.4, -0.2) is 37.7 Å². The number of aryl methyl sites for hydroxylation is 1. The molecule has 0 fully saturated rings. The van der Waals surface area contributed by atoms with Crippen molar-refractivity contribution in [2.24, 2.45) is 7.05 Å². The lowest BCUT2D eigenvalue weighted by Crippen LogP contribution is -2.49. The Balaban J connectivity index is 1.99. The molecular formula is C16H15N3O4. The molecule has 0 bridgehead atoms. The maximum atomic E-state index is 12.7. The summed E-state index contributed by atoms with van der Waals surface area (Å²) >= 11 is 0. The summed E-state index contributed by atoms with van der Waals surface area (Å²) in [6.45, 7) is 0.205. The maximum Gasteiger partial charge on any atom is 0.326 e. The van der Waals surface area contributed by atoms with Crippen LogP contribution in [0.4, 0.5) is 0 Å². The van der Waals surface area contributed by atoms with Crippen molar-refractivity contribution in [3.63, 3.8) is 0 Å². The summed E-state index contributed by atoms with van der Waals surface area (Å²) in [5.41, 5.74) is 1.57. The van der Waals surface area contributed by atoms with Crippen LogP contribution in [0.1, 0.15) is 21.6 Å². The normalized spacial score (nSPS) is 16.7. The molecule has 0 spiro atoms. The van der Waals surface area contributed by atoms with Gasteiger partial charge in [0.25, 0.3) is 11.5 Å². The van der Waals surface area contributed by atoms with Crippen molar-refractivity contribution >= 4 is 11.9 Å². The molecule has 1 aromatic carbocycles. The third-order valence-electron chi connectivity index (χ3n) is 3.97. The van der Waals surface area contributed by atoms with Crippen molar-refractivity contribution < 1.29 is 14.7 Å². The number of carbonyl (C=O) groups is 2. The Hall–Kier alpha value is -2.96. The first kappa shape index (κ1) is 15.0. The number of hydrogen-bond donors (Lipinski definition) is 1. The smallest absolute Gasteiger partial charge is 0.326 e. The first-order valence-corrected chi connectivity index (χ1v) is 7.12. The molecule has 0 saturated carbocycles. The molecule has 7 heteroatoms. The first-order valence-electron chi connectivity index (χ1n) is 7.12. The molecule has 1 aliphatic heterocycles. The molecule has 2 heterocycles. The SMILES string of the molecule is Cn1nc(C(=O)N2Cc3ccccc3CC2C(=O)O)ccc1=O. The minimum Gasteiger partial charge on any atom is -0.480 e. The number of aromatic nitrogens is 2. The summed E-state index contributed by atoms with van der Waals surface area (Å²) in [5.74, 6) is -1.56. The number of hydrogen-bond acceptors (Lipinski definition) is 4. The topological polar surface area (TPSA) is 92.5 Å². The summed E-state index contributed by atoms with van der Waals surface area (Å²) in [6, 6.07) is 9.07. The Morgan fingerprint density at radius 2 is 1.87 bits per heavy atom. The third kappa shape index (κ3) is 2.73. The van der Waals surface area contributed by atoms with Crippen LogP contribution in [0.25, 0.3) is 0 Å². The molecule has 1 aliphatic rings. The van der Waals surface area contributed by atoms with E-state index < -0.39 is 17.9 Å². The van der Waals surface area contributed by atoms with Gasteiger partial charge in [0.2, 0.25) is 0 Å². The van der Waals surface area contributed by atoms with Gasteiger partial charge in [-0.2, -0.15) is 5.10 Å². The number of carbonyl (C=O) groups excluding carboxylic acids is 1. The fourth-order valence-corrected chi connectivity index (χ4v) is 2.72. The highest BCUT2D eigenvalue weighted by Gasteiger charge is 2.35. The number of aliphatic carboxylic acids is 1. The van der Waals surface area contributed by atoms with E-state index in [0.717, 1.165) is 15.8 Å². The van der Waals surface area contributed by atoms with Gasteiger partial charge in [0.05, 0.1) is 0 Å². The molecule has 1 atom stereocenters. The van der Waals surface area contributed by atoms with Crippen LogP contribution < -0.4 is 5.56 Å². The van der Waals surface area contributed by atoms with Gasteiger partial charge in [-0.25, -0.2) is 9.48 Å². The number of amides is 1. The van der Waals surface area contributed by atoms with Gasteiger partial charge in [0.15, 0.2) is 0 Å². The number of rotatable bonds is 2. The molecule has 1 aromatic heterocycles. The Morgan fingerprint density at radius 3 is 2.52 bits per heavy atom. The van der Waals surface area contributed by atoms with Crippen molar-refractivity contribution in [2.75, 3.05) is 0 Å². The molecule has 1 unspecified atom stereocenters.